The fraction of sp³-hybridized carbons (Fsp3) is 1.00. The second-order valence-corrected chi connectivity index (χ2v) is 5.17. The summed E-state index contributed by atoms with van der Waals surface area (Å²) in [7, 11) is 1.86. The molecule has 0 bridgehead atoms. The summed E-state index contributed by atoms with van der Waals surface area (Å²) in [5.41, 5.74) is -2.93. The van der Waals surface area contributed by atoms with Crippen LogP contribution in [0.4, 0.5) is 17.6 Å². The van der Waals surface area contributed by atoms with Crippen LogP contribution in [0.25, 0.3) is 0 Å². The van der Waals surface area contributed by atoms with E-state index in [1.54, 1.807) is 0 Å². The highest BCUT2D eigenvalue weighted by molar-refractivity contribution is 4.92. The summed E-state index contributed by atoms with van der Waals surface area (Å²) >= 11 is 0. The molecule has 0 aromatic heterocycles. The fourth-order valence-electron chi connectivity index (χ4n) is 2.34. The molecule has 1 aliphatic carbocycles. The maximum absolute atomic E-state index is 13.6. The summed E-state index contributed by atoms with van der Waals surface area (Å²) in [6.07, 6.45) is -2.90. The number of nitrogens with one attached hydrogen (secondary N) is 1. The highest BCUT2D eigenvalue weighted by Gasteiger charge is 2.56. The summed E-state index contributed by atoms with van der Waals surface area (Å²) in [5.74, 6) is 0.247. The molecular weight excluding hydrogens is 234 g/mol. The minimum atomic E-state index is -4.70. The van der Waals surface area contributed by atoms with Crippen molar-refractivity contribution >= 4 is 0 Å². The van der Waals surface area contributed by atoms with Gasteiger partial charge in [0.25, 0.3) is 0 Å². The van der Waals surface area contributed by atoms with Crippen LogP contribution in [0, 0.1) is 5.92 Å². The molecule has 1 saturated carbocycles. The molecule has 0 heterocycles. The van der Waals surface area contributed by atoms with Gasteiger partial charge in [0.1, 0.15) is 0 Å². The minimum absolute atomic E-state index is 0.247. The Balaban J connectivity index is 2.36. The average molecular weight is 255 g/mol. The van der Waals surface area contributed by atoms with Crippen LogP contribution in [-0.2, 0) is 0 Å². The second kappa shape index (κ2) is 5.55. The highest BCUT2D eigenvalue weighted by Crippen LogP contribution is 2.46. The van der Waals surface area contributed by atoms with Crippen molar-refractivity contribution in [2.24, 2.45) is 5.92 Å². The first-order valence-corrected chi connectivity index (χ1v) is 6.21. The molecule has 0 aromatic rings. The lowest BCUT2D eigenvalue weighted by Crippen LogP contribution is -2.44. The van der Waals surface area contributed by atoms with Crippen LogP contribution in [-0.4, -0.2) is 24.9 Å². The van der Waals surface area contributed by atoms with E-state index in [0.717, 1.165) is 12.8 Å². The Kier molecular flexibility index (Phi) is 4.81. The summed E-state index contributed by atoms with van der Waals surface area (Å²) in [6, 6.07) is 0.370. The van der Waals surface area contributed by atoms with Gasteiger partial charge >= 0.3 is 6.18 Å². The van der Waals surface area contributed by atoms with Crippen LogP contribution in [0.15, 0.2) is 0 Å². The predicted octanol–water partition coefficient (Wildman–Crippen LogP) is 3.84. The molecule has 1 nitrogen and oxygen atoms in total. The SMILES string of the molecule is CNC(C)CCC1CCC(F)(C(F)(F)F)CC1. The highest BCUT2D eigenvalue weighted by atomic mass is 19.4. The molecule has 0 saturated heterocycles. The van der Waals surface area contributed by atoms with Crippen LogP contribution in [0.2, 0.25) is 0 Å². The number of rotatable bonds is 4. The predicted molar refractivity (Wildman–Crippen MR) is 59.6 cm³/mol. The zero-order chi connectivity index (χ0) is 13.1. The lowest BCUT2D eigenvalue weighted by Gasteiger charge is -2.35. The average Bonchev–Trinajstić information content (AvgIpc) is 2.26. The Morgan fingerprint density at radius 3 is 2.24 bits per heavy atom. The summed E-state index contributed by atoms with van der Waals surface area (Å²) in [4.78, 5) is 0. The van der Waals surface area contributed by atoms with E-state index >= 15 is 0 Å². The van der Waals surface area contributed by atoms with Gasteiger partial charge in [-0.1, -0.05) is 0 Å². The van der Waals surface area contributed by atoms with Crippen LogP contribution in [0.1, 0.15) is 45.4 Å². The molecule has 102 valence electrons. The lowest BCUT2D eigenvalue weighted by atomic mass is 9.77. The maximum atomic E-state index is 13.6. The van der Waals surface area contributed by atoms with Gasteiger partial charge in [0.15, 0.2) is 0 Å². The Bertz CT molecular complexity index is 231. The molecule has 0 spiro atoms. The van der Waals surface area contributed by atoms with E-state index in [9.17, 15) is 17.6 Å². The molecule has 0 radical (unpaired) electrons. The molecule has 1 aliphatic rings. The molecule has 1 rings (SSSR count). The van der Waals surface area contributed by atoms with Gasteiger partial charge in [0.2, 0.25) is 5.67 Å². The van der Waals surface area contributed by atoms with E-state index in [1.165, 1.54) is 0 Å². The van der Waals surface area contributed by atoms with E-state index in [-0.39, 0.29) is 18.8 Å². The largest absolute Gasteiger partial charge is 0.422 e. The molecule has 1 atom stereocenters. The summed E-state index contributed by atoms with van der Waals surface area (Å²) in [5, 5.41) is 3.09. The third-order valence-electron chi connectivity index (χ3n) is 3.91. The van der Waals surface area contributed by atoms with E-state index in [1.807, 2.05) is 14.0 Å². The van der Waals surface area contributed by atoms with Gasteiger partial charge < -0.3 is 5.32 Å². The molecule has 0 aromatic carbocycles. The Labute approximate surface area is 100.0 Å². The van der Waals surface area contributed by atoms with Gasteiger partial charge in [-0.3, -0.25) is 0 Å². The van der Waals surface area contributed by atoms with Crippen molar-refractivity contribution in [2.45, 2.75) is 63.3 Å². The van der Waals surface area contributed by atoms with Gasteiger partial charge in [-0.15, -0.1) is 0 Å². The molecule has 0 amide bonds. The zero-order valence-electron chi connectivity index (χ0n) is 10.4. The van der Waals surface area contributed by atoms with Crippen molar-refractivity contribution in [3.8, 4) is 0 Å². The van der Waals surface area contributed by atoms with E-state index in [2.05, 4.69) is 5.32 Å². The van der Waals surface area contributed by atoms with Gasteiger partial charge in [-0.25, -0.2) is 4.39 Å². The molecule has 5 heteroatoms. The fourth-order valence-corrected chi connectivity index (χ4v) is 2.34. The van der Waals surface area contributed by atoms with Crippen LogP contribution in [0.5, 0.6) is 0 Å². The van der Waals surface area contributed by atoms with Crippen molar-refractivity contribution in [3.05, 3.63) is 0 Å². The standard InChI is InChI=1S/C12H21F4N/c1-9(17-2)3-4-10-5-7-11(13,8-6-10)12(14,15)16/h9-10,17H,3-8H2,1-2H3. The first kappa shape index (κ1) is 14.7. The van der Waals surface area contributed by atoms with Crippen LogP contribution >= 0.6 is 0 Å². The molecule has 1 fully saturated rings. The van der Waals surface area contributed by atoms with Gasteiger partial charge in [0, 0.05) is 6.04 Å². The van der Waals surface area contributed by atoms with Gasteiger partial charge in [0.05, 0.1) is 0 Å². The quantitative estimate of drug-likeness (QED) is 0.753. The first-order chi connectivity index (χ1) is 7.78. The van der Waals surface area contributed by atoms with E-state index in [4.69, 9.17) is 0 Å². The third-order valence-corrected chi connectivity index (χ3v) is 3.91. The van der Waals surface area contributed by atoms with Crippen molar-refractivity contribution in [1.29, 1.82) is 0 Å². The van der Waals surface area contributed by atoms with Crippen molar-refractivity contribution in [2.75, 3.05) is 7.05 Å². The van der Waals surface area contributed by atoms with E-state index in [0.29, 0.717) is 18.9 Å². The van der Waals surface area contributed by atoms with Crippen molar-refractivity contribution < 1.29 is 17.6 Å². The molecule has 1 unspecified atom stereocenters. The summed E-state index contributed by atoms with van der Waals surface area (Å²) < 4.78 is 50.9. The zero-order valence-corrected chi connectivity index (χ0v) is 10.4. The second-order valence-electron chi connectivity index (χ2n) is 5.17. The van der Waals surface area contributed by atoms with Crippen molar-refractivity contribution in [1.82, 2.24) is 5.32 Å². The smallest absolute Gasteiger partial charge is 0.317 e. The first-order valence-electron chi connectivity index (χ1n) is 6.21. The normalized spacial score (nSPS) is 32.5. The third kappa shape index (κ3) is 3.83. The summed E-state index contributed by atoms with van der Waals surface area (Å²) in [6.45, 7) is 2.04. The number of hydrogen-bond donors (Lipinski definition) is 1. The topological polar surface area (TPSA) is 12.0 Å². The number of halogens is 4. The Hall–Kier alpha value is -0.320. The number of hydrogen-bond acceptors (Lipinski definition) is 1. The molecule has 17 heavy (non-hydrogen) atoms. The maximum Gasteiger partial charge on any atom is 0.422 e. The number of alkyl halides is 4. The van der Waals surface area contributed by atoms with Gasteiger partial charge in [-0.2, -0.15) is 13.2 Å². The van der Waals surface area contributed by atoms with Crippen LogP contribution in [0.3, 0.4) is 0 Å². The minimum Gasteiger partial charge on any atom is -0.317 e. The van der Waals surface area contributed by atoms with Crippen molar-refractivity contribution in [3.63, 3.8) is 0 Å². The lowest BCUT2D eigenvalue weighted by molar-refractivity contribution is -0.242. The Morgan fingerprint density at radius 1 is 1.29 bits per heavy atom. The molecule has 1 N–H and O–H groups in total. The molecule has 0 aliphatic heterocycles. The van der Waals surface area contributed by atoms with E-state index < -0.39 is 11.8 Å². The molecular formula is C12H21F4N. The monoisotopic (exact) mass is 255 g/mol. The van der Waals surface area contributed by atoms with Gasteiger partial charge in [-0.05, 0) is 58.4 Å². The van der Waals surface area contributed by atoms with Crippen LogP contribution < -0.4 is 5.32 Å². The Morgan fingerprint density at radius 2 is 1.82 bits per heavy atom.